The van der Waals surface area contributed by atoms with Crippen molar-refractivity contribution >= 4 is 6.08 Å². The van der Waals surface area contributed by atoms with E-state index in [1.807, 2.05) is 30.3 Å². The monoisotopic (exact) mass is 318 g/mol. The second-order valence-electron chi connectivity index (χ2n) is 6.88. The molecular formula is C22H22O2. The molecule has 2 nitrogen and oxygen atoms in total. The van der Waals surface area contributed by atoms with Crippen molar-refractivity contribution in [3.8, 4) is 17.6 Å². The lowest BCUT2D eigenvalue weighted by molar-refractivity contribution is 0.112. The van der Waals surface area contributed by atoms with E-state index in [2.05, 4.69) is 56.9 Å². The summed E-state index contributed by atoms with van der Waals surface area (Å²) in [4.78, 5) is 0. The minimum Gasteiger partial charge on any atom is -0.497 e. The summed E-state index contributed by atoms with van der Waals surface area (Å²) in [6, 6.07) is 16.0. The largest absolute Gasteiger partial charge is 0.497 e. The Morgan fingerprint density at radius 3 is 2.38 bits per heavy atom. The highest BCUT2D eigenvalue weighted by Gasteiger charge is 2.27. The average molecular weight is 318 g/mol. The van der Waals surface area contributed by atoms with Gasteiger partial charge < -0.3 is 9.47 Å². The zero-order valence-corrected chi connectivity index (χ0v) is 14.6. The SMILES string of the molecule is COc1ccc(C#CC2OC(C(C)(C)C)=Cc3ccccc32)cc1. The van der Waals surface area contributed by atoms with Crippen LogP contribution in [0.15, 0.2) is 54.3 Å². The molecule has 0 bridgehead atoms. The number of fused-ring (bicyclic) bond motifs is 1. The van der Waals surface area contributed by atoms with E-state index in [0.29, 0.717) is 0 Å². The fraction of sp³-hybridized carbons (Fsp3) is 0.273. The van der Waals surface area contributed by atoms with E-state index >= 15 is 0 Å². The lowest BCUT2D eigenvalue weighted by Crippen LogP contribution is -2.18. The van der Waals surface area contributed by atoms with E-state index in [9.17, 15) is 0 Å². The van der Waals surface area contributed by atoms with Gasteiger partial charge in [0.05, 0.1) is 7.11 Å². The first-order valence-corrected chi connectivity index (χ1v) is 8.11. The fourth-order valence-corrected chi connectivity index (χ4v) is 2.57. The lowest BCUT2D eigenvalue weighted by atomic mass is 9.88. The number of benzene rings is 2. The molecule has 0 aromatic heterocycles. The van der Waals surface area contributed by atoms with Crippen LogP contribution in [0.4, 0.5) is 0 Å². The molecular weight excluding hydrogens is 296 g/mol. The molecule has 0 spiro atoms. The van der Waals surface area contributed by atoms with E-state index in [1.54, 1.807) is 7.11 Å². The Morgan fingerprint density at radius 2 is 1.71 bits per heavy atom. The van der Waals surface area contributed by atoms with Gasteiger partial charge in [-0.05, 0) is 41.8 Å². The van der Waals surface area contributed by atoms with Gasteiger partial charge in [0.1, 0.15) is 11.5 Å². The molecule has 1 aliphatic heterocycles. The molecule has 1 heterocycles. The Kier molecular flexibility index (Phi) is 4.36. The van der Waals surface area contributed by atoms with Crippen LogP contribution in [0.3, 0.4) is 0 Å². The summed E-state index contributed by atoms with van der Waals surface area (Å²) in [5, 5.41) is 0. The van der Waals surface area contributed by atoms with Gasteiger partial charge in [0, 0.05) is 16.5 Å². The van der Waals surface area contributed by atoms with Crippen molar-refractivity contribution in [1.29, 1.82) is 0 Å². The number of allylic oxidation sites excluding steroid dienone is 1. The van der Waals surface area contributed by atoms with Crippen molar-refractivity contribution in [3.05, 3.63) is 71.0 Å². The quantitative estimate of drug-likeness (QED) is 0.672. The highest BCUT2D eigenvalue weighted by atomic mass is 16.5. The molecule has 2 aromatic rings. The molecule has 0 radical (unpaired) electrons. The Bertz CT molecular complexity index is 812. The third-order valence-electron chi connectivity index (χ3n) is 3.99. The molecule has 2 heteroatoms. The maximum atomic E-state index is 6.21. The molecule has 0 fully saturated rings. The van der Waals surface area contributed by atoms with Crippen LogP contribution in [0.5, 0.6) is 5.75 Å². The van der Waals surface area contributed by atoms with Gasteiger partial charge in [-0.25, -0.2) is 0 Å². The number of hydrogen-bond donors (Lipinski definition) is 0. The van der Waals surface area contributed by atoms with Crippen LogP contribution in [0.2, 0.25) is 0 Å². The first kappa shape index (κ1) is 16.2. The summed E-state index contributed by atoms with van der Waals surface area (Å²) in [7, 11) is 1.66. The maximum absolute atomic E-state index is 6.21. The zero-order valence-electron chi connectivity index (χ0n) is 14.6. The predicted octanol–water partition coefficient (Wildman–Crippen LogP) is 5.21. The minimum atomic E-state index is -0.248. The standard InChI is InChI=1S/C22H22O2/c1-22(2,3)21-15-17-7-5-6-8-19(17)20(24-21)14-11-16-9-12-18(23-4)13-10-16/h5-10,12-13,15,20H,1-4H3. The van der Waals surface area contributed by atoms with E-state index in [4.69, 9.17) is 9.47 Å². The molecule has 1 atom stereocenters. The molecule has 1 unspecified atom stereocenters. The summed E-state index contributed by atoms with van der Waals surface area (Å²) in [5.41, 5.74) is 3.20. The molecule has 1 aliphatic rings. The van der Waals surface area contributed by atoms with Crippen molar-refractivity contribution in [2.24, 2.45) is 5.41 Å². The van der Waals surface area contributed by atoms with Gasteiger partial charge in [-0.1, -0.05) is 51.0 Å². The highest BCUT2D eigenvalue weighted by molar-refractivity contribution is 5.60. The number of ether oxygens (including phenoxy) is 2. The second-order valence-corrected chi connectivity index (χ2v) is 6.88. The van der Waals surface area contributed by atoms with Gasteiger partial charge in [0.2, 0.25) is 0 Å². The molecule has 24 heavy (non-hydrogen) atoms. The summed E-state index contributed by atoms with van der Waals surface area (Å²) in [5.74, 6) is 8.30. The highest BCUT2D eigenvalue weighted by Crippen LogP contribution is 2.38. The van der Waals surface area contributed by atoms with Gasteiger partial charge >= 0.3 is 0 Å². The summed E-state index contributed by atoms with van der Waals surface area (Å²) in [6.45, 7) is 6.46. The normalized spacial score (nSPS) is 16.2. The van der Waals surface area contributed by atoms with Crippen LogP contribution in [0, 0.1) is 17.3 Å². The van der Waals surface area contributed by atoms with Gasteiger partial charge in [0.15, 0.2) is 6.10 Å². The van der Waals surface area contributed by atoms with Gasteiger partial charge in [0.25, 0.3) is 0 Å². The zero-order chi connectivity index (χ0) is 17.2. The van der Waals surface area contributed by atoms with E-state index in [-0.39, 0.29) is 11.5 Å². The molecule has 122 valence electrons. The second kappa shape index (κ2) is 6.45. The van der Waals surface area contributed by atoms with Gasteiger partial charge in [-0.15, -0.1) is 0 Å². The van der Waals surface area contributed by atoms with E-state index < -0.39 is 0 Å². The van der Waals surface area contributed by atoms with Crippen LogP contribution in [0.1, 0.15) is 43.6 Å². The molecule has 0 saturated carbocycles. The summed E-state index contributed by atoms with van der Waals surface area (Å²) >= 11 is 0. The molecule has 0 saturated heterocycles. The van der Waals surface area contributed by atoms with Crippen molar-refractivity contribution in [2.45, 2.75) is 26.9 Å². The van der Waals surface area contributed by atoms with E-state index in [0.717, 1.165) is 22.6 Å². The van der Waals surface area contributed by atoms with Gasteiger partial charge in [-0.3, -0.25) is 0 Å². The summed E-state index contributed by atoms with van der Waals surface area (Å²) in [6.07, 6.45) is 1.88. The topological polar surface area (TPSA) is 18.5 Å². The number of rotatable bonds is 1. The number of methoxy groups -OCH3 is 1. The molecule has 0 N–H and O–H groups in total. The van der Waals surface area contributed by atoms with Crippen LogP contribution >= 0.6 is 0 Å². The maximum Gasteiger partial charge on any atom is 0.184 e. The first-order chi connectivity index (χ1) is 11.5. The first-order valence-electron chi connectivity index (χ1n) is 8.11. The lowest BCUT2D eigenvalue weighted by Gasteiger charge is -2.30. The smallest absolute Gasteiger partial charge is 0.184 e. The molecule has 0 aliphatic carbocycles. The van der Waals surface area contributed by atoms with E-state index in [1.165, 1.54) is 5.56 Å². The Morgan fingerprint density at radius 1 is 1.00 bits per heavy atom. The summed E-state index contributed by atoms with van der Waals surface area (Å²) < 4.78 is 11.4. The molecule has 0 amide bonds. The van der Waals surface area contributed by atoms with Crippen LogP contribution in [-0.2, 0) is 4.74 Å². The fourth-order valence-electron chi connectivity index (χ4n) is 2.57. The third-order valence-corrected chi connectivity index (χ3v) is 3.99. The molecule has 3 rings (SSSR count). The predicted molar refractivity (Wildman–Crippen MR) is 97.6 cm³/mol. The molecule has 2 aromatic carbocycles. The van der Waals surface area contributed by atoms with Crippen LogP contribution < -0.4 is 4.74 Å². The third kappa shape index (κ3) is 3.46. The Hall–Kier alpha value is -2.66. The minimum absolute atomic E-state index is 0.0480. The van der Waals surface area contributed by atoms with Crippen molar-refractivity contribution in [1.82, 2.24) is 0 Å². The number of hydrogen-bond acceptors (Lipinski definition) is 2. The van der Waals surface area contributed by atoms with Crippen molar-refractivity contribution in [3.63, 3.8) is 0 Å². The van der Waals surface area contributed by atoms with Crippen LogP contribution in [-0.4, -0.2) is 7.11 Å². The average Bonchev–Trinajstić information content (AvgIpc) is 2.59. The van der Waals surface area contributed by atoms with Crippen molar-refractivity contribution < 1.29 is 9.47 Å². The van der Waals surface area contributed by atoms with Crippen molar-refractivity contribution in [2.75, 3.05) is 7.11 Å². The Balaban J connectivity index is 1.93. The van der Waals surface area contributed by atoms with Gasteiger partial charge in [-0.2, -0.15) is 0 Å². The Labute approximate surface area is 144 Å². The van der Waals surface area contributed by atoms with Crippen LogP contribution in [0.25, 0.3) is 6.08 Å².